The van der Waals surface area contributed by atoms with Crippen molar-refractivity contribution in [1.29, 1.82) is 5.26 Å². The minimum Gasteiger partial charge on any atom is -0.392 e. The molecule has 2 atom stereocenters. The van der Waals surface area contributed by atoms with Gasteiger partial charge in [0.05, 0.1) is 22.6 Å². The van der Waals surface area contributed by atoms with Crippen molar-refractivity contribution in [1.82, 2.24) is 4.31 Å². The van der Waals surface area contributed by atoms with Crippen molar-refractivity contribution < 1.29 is 17.9 Å². The Morgan fingerprint density at radius 2 is 1.96 bits per heavy atom. The maximum absolute atomic E-state index is 13.5. The largest absolute Gasteiger partial charge is 0.392 e. The fourth-order valence-electron chi connectivity index (χ4n) is 2.98. The summed E-state index contributed by atoms with van der Waals surface area (Å²) < 4.78 is 40.6. The average molecular weight is 346 g/mol. The molecule has 2 aromatic rings. The maximum Gasteiger partial charge on any atom is 0.245 e. The molecular weight excluding hydrogens is 331 g/mol. The number of nitriles is 1. The molecule has 0 bridgehead atoms. The Morgan fingerprint density at radius 3 is 2.67 bits per heavy atom. The summed E-state index contributed by atoms with van der Waals surface area (Å²) in [4.78, 5) is -0.108. The van der Waals surface area contributed by atoms with E-state index in [1.165, 1.54) is 36.4 Å². The highest BCUT2D eigenvalue weighted by Crippen LogP contribution is 2.37. The lowest BCUT2D eigenvalue weighted by Gasteiger charge is -2.24. The van der Waals surface area contributed by atoms with E-state index in [1.807, 2.05) is 6.07 Å². The van der Waals surface area contributed by atoms with E-state index < -0.39 is 28.0 Å². The quantitative estimate of drug-likeness (QED) is 0.924. The van der Waals surface area contributed by atoms with Gasteiger partial charge in [-0.2, -0.15) is 9.57 Å². The van der Waals surface area contributed by atoms with E-state index >= 15 is 0 Å². The lowest BCUT2D eigenvalue weighted by Crippen LogP contribution is -2.32. The first kappa shape index (κ1) is 16.6. The molecule has 1 N–H and O–H groups in total. The number of aliphatic hydroxyl groups excluding tert-OH is 1. The monoisotopic (exact) mass is 346 g/mol. The predicted octanol–water partition coefficient (Wildman–Crippen LogP) is 2.19. The van der Waals surface area contributed by atoms with E-state index in [0.29, 0.717) is 5.56 Å². The van der Waals surface area contributed by atoms with Crippen molar-refractivity contribution >= 4 is 10.0 Å². The summed E-state index contributed by atoms with van der Waals surface area (Å²) in [6.45, 7) is -0.0940. The Bertz CT molecular complexity index is 908. The minimum atomic E-state index is -4.00. The van der Waals surface area contributed by atoms with Gasteiger partial charge in [0, 0.05) is 6.54 Å². The molecule has 3 rings (SSSR count). The normalized spacial score (nSPS) is 21.5. The molecule has 0 aromatic heterocycles. The zero-order chi connectivity index (χ0) is 17.3. The Labute approximate surface area is 139 Å². The fourth-order valence-corrected chi connectivity index (χ4v) is 4.78. The van der Waals surface area contributed by atoms with Crippen LogP contribution in [-0.4, -0.2) is 30.5 Å². The van der Waals surface area contributed by atoms with Gasteiger partial charge in [-0.05, 0) is 36.2 Å². The van der Waals surface area contributed by atoms with Gasteiger partial charge in [-0.3, -0.25) is 0 Å². The number of aliphatic hydroxyl groups is 1. The van der Waals surface area contributed by atoms with Crippen molar-refractivity contribution in [3.8, 4) is 6.07 Å². The van der Waals surface area contributed by atoms with Gasteiger partial charge in [-0.1, -0.05) is 24.3 Å². The Hall–Kier alpha value is -2.27. The van der Waals surface area contributed by atoms with Crippen molar-refractivity contribution in [3.05, 3.63) is 65.5 Å². The number of benzene rings is 2. The highest BCUT2D eigenvalue weighted by atomic mass is 32.2. The Morgan fingerprint density at radius 1 is 1.21 bits per heavy atom. The molecule has 7 heteroatoms. The smallest absolute Gasteiger partial charge is 0.245 e. The molecule has 1 fully saturated rings. The number of halogens is 1. The second-order valence-corrected chi connectivity index (χ2v) is 7.50. The van der Waals surface area contributed by atoms with Crippen LogP contribution in [0.3, 0.4) is 0 Å². The summed E-state index contributed by atoms with van der Waals surface area (Å²) in [5.41, 5.74) is 0.515. The highest BCUT2D eigenvalue weighted by molar-refractivity contribution is 7.89. The Kier molecular flexibility index (Phi) is 4.37. The van der Waals surface area contributed by atoms with Crippen LogP contribution in [0.1, 0.15) is 23.6 Å². The summed E-state index contributed by atoms with van der Waals surface area (Å²) in [6.07, 6.45) is -0.667. The molecule has 1 saturated heterocycles. The molecule has 0 spiro atoms. The summed E-state index contributed by atoms with van der Waals surface area (Å²) in [5.74, 6) is -0.469. The van der Waals surface area contributed by atoms with E-state index in [4.69, 9.17) is 5.26 Å². The molecule has 0 amide bonds. The number of hydrogen-bond donors (Lipinski definition) is 1. The maximum atomic E-state index is 13.5. The molecule has 0 unspecified atom stereocenters. The molecule has 1 heterocycles. The third kappa shape index (κ3) is 2.91. The van der Waals surface area contributed by atoms with E-state index in [1.54, 1.807) is 12.1 Å². The first-order valence-electron chi connectivity index (χ1n) is 7.38. The molecule has 124 valence electrons. The standard InChI is InChI=1S/C17H15FN2O3S/c18-14-6-3-5-12(8-14)16-9-15(21)11-20(16)24(22,23)17-7-2-1-4-13(17)10-19/h1-8,15-16,21H,9,11H2/t15-,16+/m1/s1. The molecule has 1 aliphatic heterocycles. The molecule has 0 saturated carbocycles. The number of hydrogen-bond acceptors (Lipinski definition) is 4. The second kappa shape index (κ2) is 6.32. The van der Waals surface area contributed by atoms with Crippen molar-refractivity contribution in [3.63, 3.8) is 0 Å². The van der Waals surface area contributed by atoms with Gasteiger partial charge in [-0.15, -0.1) is 0 Å². The highest BCUT2D eigenvalue weighted by Gasteiger charge is 2.41. The fraction of sp³-hybridized carbons (Fsp3) is 0.235. The first-order chi connectivity index (χ1) is 11.4. The van der Waals surface area contributed by atoms with E-state index in [0.717, 1.165) is 4.31 Å². The summed E-state index contributed by atoms with van der Waals surface area (Å²) in [6, 6.07) is 12.8. The average Bonchev–Trinajstić information content (AvgIpc) is 2.97. The molecule has 2 aromatic carbocycles. The zero-order valence-electron chi connectivity index (χ0n) is 12.6. The molecule has 5 nitrogen and oxygen atoms in total. The van der Waals surface area contributed by atoms with Crippen LogP contribution in [0.4, 0.5) is 4.39 Å². The predicted molar refractivity (Wildman–Crippen MR) is 84.8 cm³/mol. The Balaban J connectivity index is 2.07. The number of nitrogens with zero attached hydrogens (tertiary/aromatic N) is 2. The summed E-state index contributed by atoms with van der Waals surface area (Å²) in [7, 11) is -4.00. The molecular formula is C17H15FN2O3S. The third-order valence-electron chi connectivity index (χ3n) is 4.06. The third-order valence-corrected chi connectivity index (χ3v) is 5.99. The summed E-state index contributed by atoms with van der Waals surface area (Å²) >= 11 is 0. The van der Waals surface area contributed by atoms with Crippen molar-refractivity contribution in [2.45, 2.75) is 23.5 Å². The van der Waals surface area contributed by atoms with E-state index in [-0.39, 0.29) is 23.4 Å². The second-order valence-electron chi connectivity index (χ2n) is 5.64. The van der Waals surface area contributed by atoms with Crippen LogP contribution in [0.25, 0.3) is 0 Å². The van der Waals surface area contributed by atoms with Crippen LogP contribution in [0, 0.1) is 17.1 Å². The number of rotatable bonds is 3. The number of β-amino-alcohol motifs (C(OH)–C–C–N with tert-alkyl or cyclic N) is 1. The molecule has 0 aliphatic carbocycles. The van der Waals surface area contributed by atoms with Crippen LogP contribution in [0.2, 0.25) is 0 Å². The van der Waals surface area contributed by atoms with Crippen molar-refractivity contribution in [2.75, 3.05) is 6.54 Å². The van der Waals surface area contributed by atoms with Crippen LogP contribution in [0.15, 0.2) is 53.4 Å². The van der Waals surface area contributed by atoms with Gasteiger partial charge < -0.3 is 5.11 Å². The van der Waals surface area contributed by atoms with Crippen LogP contribution in [0.5, 0.6) is 0 Å². The SMILES string of the molecule is N#Cc1ccccc1S(=O)(=O)N1C[C@H](O)C[C@H]1c1cccc(F)c1. The molecule has 24 heavy (non-hydrogen) atoms. The number of sulfonamides is 1. The lowest BCUT2D eigenvalue weighted by atomic mass is 10.0. The van der Waals surface area contributed by atoms with Gasteiger partial charge in [0.2, 0.25) is 10.0 Å². The lowest BCUT2D eigenvalue weighted by molar-refractivity contribution is 0.188. The van der Waals surface area contributed by atoms with Gasteiger partial charge in [0.25, 0.3) is 0 Å². The topological polar surface area (TPSA) is 81.4 Å². The van der Waals surface area contributed by atoms with Crippen LogP contribution in [-0.2, 0) is 10.0 Å². The minimum absolute atomic E-state index is 0.0388. The van der Waals surface area contributed by atoms with Crippen LogP contribution < -0.4 is 0 Å². The van der Waals surface area contributed by atoms with E-state index in [9.17, 15) is 17.9 Å². The first-order valence-corrected chi connectivity index (χ1v) is 8.82. The van der Waals surface area contributed by atoms with Gasteiger partial charge in [0.15, 0.2) is 0 Å². The van der Waals surface area contributed by atoms with Gasteiger partial charge in [-0.25, -0.2) is 12.8 Å². The zero-order valence-corrected chi connectivity index (χ0v) is 13.4. The van der Waals surface area contributed by atoms with Gasteiger partial charge >= 0.3 is 0 Å². The molecule has 0 radical (unpaired) electrons. The van der Waals surface area contributed by atoms with Crippen LogP contribution >= 0.6 is 0 Å². The molecule has 1 aliphatic rings. The van der Waals surface area contributed by atoms with E-state index in [2.05, 4.69) is 0 Å². The van der Waals surface area contributed by atoms with Gasteiger partial charge in [0.1, 0.15) is 11.9 Å². The van der Waals surface area contributed by atoms with Crippen molar-refractivity contribution in [2.24, 2.45) is 0 Å². The summed E-state index contributed by atoms with van der Waals surface area (Å²) in [5, 5.41) is 19.1.